The van der Waals surface area contributed by atoms with Crippen molar-refractivity contribution in [2.24, 2.45) is 5.10 Å². The Morgan fingerprint density at radius 1 is 0.812 bits per heavy atom. The Hall–Kier alpha value is -4.53. The van der Waals surface area contributed by atoms with Crippen LogP contribution in [0.15, 0.2) is 77.9 Å². The van der Waals surface area contributed by atoms with E-state index in [9.17, 15) is 18.8 Å². The highest BCUT2D eigenvalue weighted by atomic mass is 19.1. The Labute approximate surface area is 183 Å². The van der Waals surface area contributed by atoms with Gasteiger partial charge in [-0.2, -0.15) is 5.10 Å². The van der Waals surface area contributed by atoms with Crippen molar-refractivity contribution in [2.75, 3.05) is 16.0 Å². The fraction of sp³-hybridized carbons (Fsp3) is 0.0435. The molecule has 0 aliphatic rings. The standard InChI is InChI=1S/C23H20FN5O3/c1-15(30)26-18-10-6-16(7-11-18)14-25-29-22(31)17-8-12-19(13-9-17)27-23(32)28-21-5-3-2-4-20(21)24/h2-14H,1H3,(H,26,30)(H,29,31)(H2,27,28,32). The molecule has 0 saturated heterocycles. The first-order chi connectivity index (χ1) is 15.4. The minimum absolute atomic E-state index is 0.0589. The number of benzene rings is 3. The molecule has 3 aromatic carbocycles. The number of nitrogens with one attached hydrogen (secondary N) is 4. The number of hydrogen-bond donors (Lipinski definition) is 4. The number of amides is 4. The third-order valence-electron chi connectivity index (χ3n) is 4.14. The number of anilines is 3. The lowest BCUT2D eigenvalue weighted by atomic mass is 10.2. The van der Waals surface area contributed by atoms with Crippen molar-refractivity contribution < 1.29 is 18.8 Å². The van der Waals surface area contributed by atoms with Crippen molar-refractivity contribution in [1.29, 1.82) is 0 Å². The number of carbonyl (C=O) groups excluding carboxylic acids is 3. The molecule has 0 atom stereocenters. The predicted molar refractivity (Wildman–Crippen MR) is 121 cm³/mol. The summed E-state index contributed by atoms with van der Waals surface area (Å²) < 4.78 is 13.6. The van der Waals surface area contributed by atoms with Gasteiger partial charge in [-0.25, -0.2) is 14.6 Å². The summed E-state index contributed by atoms with van der Waals surface area (Å²) in [5.41, 5.74) is 4.63. The van der Waals surface area contributed by atoms with Gasteiger partial charge in [0, 0.05) is 23.9 Å². The topological polar surface area (TPSA) is 112 Å². The third-order valence-corrected chi connectivity index (χ3v) is 4.14. The van der Waals surface area contributed by atoms with Crippen LogP contribution in [0.25, 0.3) is 0 Å². The van der Waals surface area contributed by atoms with E-state index in [1.54, 1.807) is 42.5 Å². The average molecular weight is 433 g/mol. The lowest BCUT2D eigenvalue weighted by molar-refractivity contribution is -0.114. The van der Waals surface area contributed by atoms with Crippen LogP contribution in [-0.4, -0.2) is 24.1 Å². The Morgan fingerprint density at radius 3 is 2.09 bits per heavy atom. The summed E-state index contributed by atoms with van der Waals surface area (Å²) in [4.78, 5) is 35.2. The summed E-state index contributed by atoms with van der Waals surface area (Å²) in [6, 6.07) is 18.3. The van der Waals surface area contributed by atoms with Crippen LogP contribution in [0.3, 0.4) is 0 Å². The van der Waals surface area contributed by atoms with Crippen LogP contribution in [0, 0.1) is 5.82 Å². The molecule has 32 heavy (non-hydrogen) atoms. The van der Waals surface area contributed by atoms with E-state index in [4.69, 9.17) is 0 Å². The summed E-state index contributed by atoms with van der Waals surface area (Å²) in [5, 5.41) is 11.5. The molecule has 0 heterocycles. The van der Waals surface area contributed by atoms with Crippen LogP contribution in [0.5, 0.6) is 0 Å². The minimum atomic E-state index is -0.610. The largest absolute Gasteiger partial charge is 0.326 e. The van der Waals surface area contributed by atoms with E-state index in [0.29, 0.717) is 16.9 Å². The van der Waals surface area contributed by atoms with E-state index < -0.39 is 17.8 Å². The van der Waals surface area contributed by atoms with Crippen molar-refractivity contribution in [3.8, 4) is 0 Å². The molecular formula is C23H20FN5O3. The molecule has 0 aliphatic heterocycles. The molecule has 0 spiro atoms. The number of hydrazone groups is 1. The molecule has 0 aromatic heterocycles. The van der Waals surface area contributed by atoms with Crippen molar-refractivity contribution in [2.45, 2.75) is 6.92 Å². The maximum absolute atomic E-state index is 13.6. The highest BCUT2D eigenvalue weighted by molar-refractivity contribution is 6.00. The van der Waals surface area contributed by atoms with E-state index in [-0.39, 0.29) is 11.6 Å². The molecule has 0 unspecified atom stereocenters. The second kappa shape index (κ2) is 10.5. The van der Waals surface area contributed by atoms with E-state index in [1.807, 2.05) is 0 Å². The first-order valence-electron chi connectivity index (χ1n) is 9.54. The molecule has 4 N–H and O–H groups in total. The van der Waals surface area contributed by atoms with Crippen molar-refractivity contribution in [3.05, 3.63) is 89.7 Å². The normalized spacial score (nSPS) is 10.4. The average Bonchev–Trinajstić information content (AvgIpc) is 2.76. The second-order valence-electron chi connectivity index (χ2n) is 6.64. The van der Waals surface area contributed by atoms with Gasteiger partial charge in [0.05, 0.1) is 11.9 Å². The first kappa shape index (κ1) is 22.2. The summed E-state index contributed by atoms with van der Waals surface area (Å²) in [6.45, 7) is 1.42. The van der Waals surface area contributed by atoms with Crippen LogP contribution in [0.1, 0.15) is 22.8 Å². The smallest absolute Gasteiger partial charge is 0.323 e. The van der Waals surface area contributed by atoms with Crippen LogP contribution in [0.2, 0.25) is 0 Å². The highest BCUT2D eigenvalue weighted by Gasteiger charge is 2.08. The molecule has 9 heteroatoms. The molecule has 0 radical (unpaired) electrons. The Bertz CT molecular complexity index is 1150. The number of para-hydroxylation sites is 1. The zero-order valence-electron chi connectivity index (χ0n) is 17.1. The predicted octanol–water partition coefficient (Wildman–Crippen LogP) is 4.19. The lowest BCUT2D eigenvalue weighted by Crippen LogP contribution is -2.20. The number of rotatable bonds is 6. The molecule has 0 aliphatic carbocycles. The molecule has 4 amide bonds. The van der Waals surface area contributed by atoms with Gasteiger partial charge >= 0.3 is 6.03 Å². The molecule has 0 bridgehead atoms. The van der Waals surface area contributed by atoms with Gasteiger partial charge in [-0.05, 0) is 54.1 Å². The van der Waals surface area contributed by atoms with Crippen LogP contribution in [-0.2, 0) is 4.79 Å². The lowest BCUT2D eigenvalue weighted by Gasteiger charge is -2.08. The maximum atomic E-state index is 13.6. The van der Waals surface area contributed by atoms with E-state index in [2.05, 4.69) is 26.5 Å². The van der Waals surface area contributed by atoms with E-state index in [1.165, 1.54) is 43.5 Å². The van der Waals surface area contributed by atoms with Crippen molar-refractivity contribution in [3.63, 3.8) is 0 Å². The first-order valence-corrected chi connectivity index (χ1v) is 9.54. The monoisotopic (exact) mass is 433 g/mol. The summed E-state index contributed by atoms with van der Waals surface area (Å²) in [7, 11) is 0. The second-order valence-corrected chi connectivity index (χ2v) is 6.64. The molecular weight excluding hydrogens is 413 g/mol. The number of hydrogen-bond acceptors (Lipinski definition) is 4. The summed E-state index contributed by atoms with van der Waals surface area (Å²) in [5.74, 6) is -1.14. The SMILES string of the molecule is CC(=O)Nc1ccc(C=NNC(=O)c2ccc(NC(=O)Nc3ccccc3F)cc2)cc1. The van der Waals surface area contributed by atoms with Crippen LogP contribution in [0.4, 0.5) is 26.2 Å². The maximum Gasteiger partial charge on any atom is 0.323 e. The molecule has 3 aromatic rings. The zero-order valence-corrected chi connectivity index (χ0v) is 17.1. The Morgan fingerprint density at radius 2 is 1.44 bits per heavy atom. The Kier molecular flexibility index (Phi) is 7.26. The molecule has 0 fully saturated rings. The molecule has 3 rings (SSSR count). The number of nitrogens with zero attached hydrogens (tertiary/aromatic N) is 1. The van der Waals surface area contributed by atoms with Gasteiger partial charge in [0.2, 0.25) is 5.91 Å². The number of carbonyl (C=O) groups is 3. The molecule has 162 valence electrons. The van der Waals surface area contributed by atoms with E-state index >= 15 is 0 Å². The van der Waals surface area contributed by atoms with Gasteiger partial charge in [0.25, 0.3) is 5.91 Å². The van der Waals surface area contributed by atoms with Crippen LogP contribution >= 0.6 is 0 Å². The summed E-state index contributed by atoms with van der Waals surface area (Å²) in [6.07, 6.45) is 1.47. The quantitative estimate of drug-likeness (QED) is 0.345. The Balaban J connectivity index is 1.51. The van der Waals surface area contributed by atoms with Gasteiger partial charge < -0.3 is 16.0 Å². The van der Waals surface area contributed by atoms with E-state index in [0.717, 1.165) is 5.56 Å². The zero-order chi connectivity index (χ0) is 22.9. The van der Waals surface area contributed by atoms with Crippen LogP contribution < -0.4 is 21.4 Å². The number of urea groups is 1. The molecule has 0 saturated carbocycles. The van der Waals surface area contributed by atoms with Crippen molar-refractivity contribution in [1.82, 2.24) is 5.43 Å². The van der Waals surface area contributed by atoms with Gasteiger partial charge in [0.15, 0.2) is 0 Å². The van der Waals surface area contributed by atoms with Crippen molar-refractivity contribution >= 4 is 41.1 Å². The minimum Gasteiger partial charge on any atom is -0.326 e. The highest BCUT2D eigenvalue weighted by Crippen LogP contribution is 2.14. The van der Waals surface area contributed by atoms with Gasteiger partial charge in [-0.1, -0.05) is 24.3 Å². The summed E-state index contributed by atoms with van der Waals surface area (Å²) >= 11 is 0. The number of halogens is 1. The fourth-order valence-electron chi connectivity index (χ4n) is 2.64. The van der Waals surface area contributed by atoms with Gasteiger partial charge in [-0.3, -0.25) is 9.59 Å². The molecule has 8 nitrogen and oxygen atoms in total. The van der Waals surface area contributed by atoms with Gasteiger partial charge in [0.1, 0.15) is 5.82 Å². The fourth-order valence-corrected chi connectivity index (χ4v) is 2.64. The van der Waals surface area contributed by atoms with Gasteiger partial charge in [-0.15, -0.1) is 0 Å². The third kappa shape index (κ3) is 6.49.